The van der Waals surface area contributed by atoms with Gasteiger partial charge in [0.2, 0.25) is 0 Å². The minimum absolute atomic E-state index is 0.148. The van der Waals surface area contributed by atoms with Crippen LogP contribution in [0.25, 0.3) is 23.1 Å². The van der Waals surface area contributed by atoms with E-state index in [2.05, 4.69) is 9.72 Å². The van der Waals surface area contributed by atoms with E-state index >= 15 is 0 Å². The van der Waals surface area contributed by atoms with Crippen LogP contribution in [0.15, 0.2) is 42.5 Å². The first-order chi connectivity index (χ1) is 12.2. The van der Waals surface area contributed by atoms with E-state index in [4.69, 9.17) is 0 Å². The number of aromatic nitrogens is 1. The Labute approximate surface area is 148 Å². The second-order valence-electron chi connectivity index (χ2n) is 5.94. The number of ether oxygens (including phenoxy) is 1. The number of nitrogens with zero attached hydrogens (tertiary/aromatic N) is 1. The third-order valence-electron chi connectivity index (χ3n) is 3.93. The van der Waals surface area contributed by atoms with Gasteiger partial charge in [0.15, 0.2) is 0 Å². The van der Waals surface area contributed by atoms with E-state index < -0.39 is 6.36 Å². The molecule has 0 bridgehead atoms. The fourth-order valence-electron chi connectivity index (χ4n) is 2.69. The van der Waals surface area contributed by atoms with Crippen molar-refractivity contribution in [2.24, 2.45) is 0 Å². The van der Waals surface area contributed by atoms with Gasteiger partial charge >= 0.3 is 6.36 Å². The summed E-state index contributed by atoms with van der Waals surface area (Å²) in [6.45, 7) is 3.77. The van der Waals surface area contributed by atoms with Crippen LogP contribution >= 0.6 is 0 Å². The van der Waals surface area contributed by atoms with Crippen LogP contribution in [0.5, 0.6) is 11.5 Å². The van der Waals surface area contributed by atoms with Crippen molar-refractivity contribution >= 4 is 23.1 Å². The highest BCUT2D eigenvalue weighted by atomic mass is 19.4. The summed E-state index contributed by atoms with van der Waals surface area (Å²) in [6.07, 6.45) is -1.24. The van der Waals surface area contributed by atoms with Gasteiger partial charge in [0.05, 0.1) is 5.69 Å². The van der Waals surface area contributed by atoms with Gasteiger partial charge in [-0.2, -0.15) is 0 Å². The van der Waals surface area contributed by atoms with Crippen molar-refractivity contribution < 1.29 is 23.0 Å². The maximum absolute atomic E-state index is 12.2. The van der Waals surface area contributed by atoms with Gasteiger partial charge in [-0.3, -0.25) is 0 Å². The van der Waals surface area contributed by atoms with Crippen molar-refractivity contribution in [3.05, 3.63) is 64.8 Å². The summed E-state index contributed by atoms with van der Waals surface area (Å²) >= 11 is 0. The topological polar surface area (TPSA) is 42.4 Å². The van der Waals surface area contributed by atoms with Crippen molar-refractivity contribution in [1.29, 1.82) is 0 Å². The smallest absolute Gasteiger partial charge is 0.505 e. The number of benzene rings is 2. The molecule has 0 aliphatic carbocycles. The average Bonchev–Trinajstić information content (AvgIpc) is 2.58. The van der Waals surface area contributed by atoms with E-state index in [0.29, 0.717) is 16.8 Å². The van der Waals surface area contributed by atoms with Crippen LogP contribution < -0.4 is 4.74 Å². The lowest BCUT2D eigenvalue weighted by atomic mass is 10.0. The van der Waals surface area contributed by atoms with Crippen molar-refractivity contribution in [1.82, 2.24) is 4.98 Å². The van der Waals surface area contributed by atoms with E-state index in [9.17, 15) is 18.3 Å². The third-order valence-corrected chi connectivity index (χ3v) is 3.93. The van der Waals surface area contributed by atoms with E-state index in [1.807, 2.05) is 32.0 Å². The Morgan fingerprint density at radius 2 is 1.65 bits per heavy atom. The number of rotatable bonds is 3. The summed E-state index contributed by atoms with van der Waals surface area (Å²) in [5.41, 5.74) is 3.64. The van der Waals surface area contributed by atoms with Gasteiger partial charge < -0.3 is 9.84 Å². The zero-order valence-corrected chi connectivity index (χ0v) is 14.1. The first-order valence-corrected chi connectivity index (χ1v) is 7.87. The van der Waals surface area contributed by atoms with Crippen molar-refractivity contribution in [3.8, 4) is 11.5 Å². The molecule has 2 aromatic carbocycles. The molecule has 0 spiro atoms. The molecule has 26 heavy (non-hydrogen) atoms. The molecule has 6 heteroatoms. The van der Waals surface area contributed by atoms with Gasteiger partial charge in [0.25, 0.3) is 0 Å². The van der Waals surface area contributed by atoms with Crippen LogP contribution in [0.2, 0.25) is 0 Å². The molecule has 0 radical (unpaired) electrons. The van der Waals surface area contributed by atoms with Crippen LogP contribution in [0, 0.1) is 13.8 Å². The molecule has 3 nitrogen and oxygen atoms in total. The molecular weight excluding hydrogens is 343 g/mol. The SMILES string of the molecule is Cc1cc(C)c2ccc(/C=C/c3ccc(OC(F)(F)F)cc3)nc2c1O. The molecule has 0 amide bonds. The number of hydrogen-bond donors (Lipinski definition) is 1. The number of halogens is 3. The van der Waals surface area contributed by atoms with Crippen LogP contribution in [0.3, 0.4) is 0 Å². The van der Waals surface area contributed by atoms with E-state index in [0.717, 1.165) is 16.5 Å². The number of pyridine rings is 1. The lowest BCUT2D eigenvalue weighted by Crippen LogP contribution is -2.16. The Morgan fingerprint density at radius 1 is 0.962 bits per heavy atom. The van der Waals surface area contributed by atoms with Crippen LogP contribution in [0.4, 0.5) is 13.2 Å². The first-order valence-electron chi connectivity index (χ1n) is 7.87. The van der Waals surface area contributed by atoms with Crippen molar-refractivity contribution in [2.75, 3.05) is 0 Å². The monoisotopic (exact) mass is 359 g/mol. The van der Waals surface area contributed by atoms with E-state index in [-0.39, 0.29) is 11.5 Å². The van der Waals surface area contributed by atoms with Gasteiger partial charge in [-0.1, -0.05) is 30.3 Å². The third kappa shape index (κ3) is 3.96. The molecule has 0 aliphatic heterocycles. The molecule has 3 aromatic rings. The Morgan fingerprint density at radius 3 is 2.31 bits per heavy atom. The molecule has 0 atom stereocenters. The van der Waals surface area contributed by atoms with Crippen LogP contribution in [-0.4, -0.2) is 16.5 Å². The summed E-state index contributed by atoms with van der Waals surface area (Å²) in [7, 11) is 0. The predicted octanol–water partition coefficient (Wildman–Crippen LogP) is 5.63. The second kappa shape index (κ2) is 6.71. The number of aromatic hydroxyl groups is 1. The lowest BCUT2D eigenvalue weighted by molar-refractivity contribution is -0.274. The number of aryl methyl sites for hydroxylation is 2. The number of phenols is 1. The van der Waals surface area contributed by atoms with Gasteiger partial charge in [-0.25, -0.2) is 4.98 Å². The Hall–Kier alpha value is -3.02. The molecule has 1 heterocycles. The van der Waals surface area contributed by atoms with Gasteiger partial charge in [-0.15, -0.1) is 13.2 Å². The van der Waals surface area contributed by atoms with Crippen molar-refractivity contribution in [3.63, 3.8) is 0 Å². The van der Waals surface area contributed by atoms with Gasteiger partial charge in [0, 0.05) is 5.39 Å². The molecule has 3 rings (SSSR count). The Bertz CT molecular complexity index is 977. The number of fused-ring (bicyclic) bond motifs is 1. The highest BCUT2D eigenvalue weighted by molar-refractivity contribution is 5.89. The summed E-state index contributed by atoms with van der Waals surface area (Å²) in [5, 5.41) is 11.1. The maximum Gasteiger partial charge on any atom is 0.573 e. The minimum atomic E-state index is -4.70. The molecule has 1 N–H and O–H groups in total. The summed E-state index contributed by atoms with van der Waals surface area (Å²) < 4.78 is 40.3. The zero-order valence-electron chi connectivity index (χ0n) is 14.1. The lowest BCUT2D eigenvalue weighted by Gasteiger charge is -2.08. The molecule has 0 saturated carbocycles. The predicted molar refractivity (Wildman–Crippen MR) is 94.9 cm³/mol. The Kier molecular flexibility index (Phi) is 4.59. The van der Waals surface area contributed by atoms with Crippen LogP contribution in [-0.2, 0) is 0 Å². The second-order valence-corrected chi connectivity index (χ2v) is 5.94. The van der Waals surface area contributed by atoms with Crippen LogP contribution in [0.1, 0.15) is 22.4 Å². The fourth-order valence-corrected chi connectivity index (χ4v) is 2.69. The van der Waals surface area contributed by atoms with Gasteiger partial charge in [-0.05, 0) is 54.8 Å². The van der Waals surface area contributed by atoms with E-state index in [1.165, 1.54) is 24.3 Å². The first kappa shape index (κ1) is 17.8. The molecule has 1 aromatic heterocycles. The molecule has 0 saturated heterocycles. The fraction of sp³-hybridized carbons (Fsp3) is 0.150. The van der Waals surface area contributed by atoms with E-state index in [1.54, 1.807) is 12.2 Å². The molecule has 134 valence electrons. The minimum Gasteiger partial charge on any atom is -0.505 e. The standard InChI is InChI=1S/C20H16F3NO2/c1-12-11-13(2)19(25)18-17(12)10-7-15(24-18)6-3-14-4-8-16(9-5-14)26-20(21,22)23/h3-11,25H,1-2H3/b6-3+. The highest BCUT2D eigenvalue weighted by Crippen LogP contribution is 2.30. The summed E-state index contributed by atoms with van der Waals surface area (Å²) in [6, 6.07) is 11.1. The molecule has 0 fully saturated rings. The largest absolute Gasteiger partial charge is 0.573 e. The molecule has 0 unspecified atom stereocenters. The number of phenolic OH excluding ortho intramolecular Hbond substituents is 1. The maximum atomic E-state index is 12.2. The van der Waals surface area contributed by atoms with Gasteiger partial charge in [0.1, 0.15) is 17.0 Å². The molecular formula is C20H16F3NO2. The summed E-state index contributed by atoms with van der Waals surface area (Å²) in [5.74, 6) is -0.121. The quantitative estimate of drug-likeness (QED) is 0.659. The zero-order chi connectivity index (χ0) is 18.9. The number of alkyl halides is 3. The number of hydrogen-bond acceptors (Lipinski definition) is 3. The highest BCUT2D eigenvalue weighted by Gasteiger charge is 2.30. The Balaban J connectivity index is 1.85. The average molecular weight is 359 g/mol. The molecule has 0 aliphatic rings. The summed E-state index contributed by atoms with van der Waals surface area (Å²) in [4.78, 5) is 4.47. The normalized spacial score (nSPS) is 12.0. The van der Waals surface area contributed by atoms with Crippen molar-refractivity contribution in [2.45, 2.75) is 20.2 Å².